The molecule has 2 N–H and O–H groups in total. The van der Waals surface area contributed by atoms with Gasteiger partial charge < -0.3 is 20.3 Å². The van der Waals surface area contributed by atoms with Crippen LogP contribution in [0.4, 0.5) is 10.5 Å². The fourth-order valence-corrected chi connectivity index (χ4v) is 2.87. The van der Waals surface area contributed by atoms with E-state index in [2.05, 4.69) is 22.5 Å². The summed E-state index contributed by atoms with van der Waals surface area (Å²) in [5.41, 5.74) is 1.12. The van der Waals surface area contributed by atoms with Gasteiger partial charge in [0.05, 0.1) is 12.2 Å². The van der Waals surface area contributed by atoms with Crippen molar-refractivity contribution < 1.29 is 14.3 Å². The summed E-state index contributed by atoms with van der Waals surface area (Å²) in [6.45, 7) is 8.44. The molecule has 1 aromatic carbocycles. The second-order valence-electron chi connectivity index (χ2n) is 6.56. The van der Waals surface area contributed by atoms with Crippen molar-refractivity contribution in [3.63, 3.8) is 0 Å². The third-order valence-corrected chi connectivity index (χ3v) is 4.47. The van der Waals surface area contributed by atoms with Crippen molar-refractivity contribution >= 4 is 17.7 Å². The van der Waals surface area contributed by atoms with Crippen molar-refractivity contribution in [2.45, 2.75) is 33.1 Å². The molecular formula is C19H29N3O3. The summed E-state index contributed by atoms with van der Waals surface area (Å²) < 4.78 is 4.93. The normalized spacial score (nSPS) is 15.6. The molecule has 25 heavy (non-hydrogen) atoms. The molecule has 138 valence electrons. The molecule has 1 fully saturated rings. The van der Waals surface area contributed by atoms with Crippen LogP contribution in [0.1, 0.15) is 43.5 Å². The van der Waals surface area contributed by atoms with Gasteiger partial charge in [-0.05, 0) is 76.0 Å². The number of esters is 1. The Morgan fingerprint density at radius 1 is 1.20 bits per heavy atom. The minimum absolute atomic E-state index is 0.226. The monoisotopic (exact) mass is 347 g/mol. The van der Waals surface area contributed by atoms with Gasteiger partial charge in [0.25, 0.3) is 0 Å². The summed E-state index contributed by atoms with van der Waals surface area (Å²) in [6.07, 6.45) is 3.50. The number of carbonyl (C=O) groups excluding carboxylic acids is 2. The van der Waals surface area contributed by atoms with E-state index in [1.807, 2.05) is 0 Å². The number of likely N-dealkylation sites (tertiary alicyclic amines) is 1. The lowest BCUT2D eigenvalue weighted by molar-refractivity contribution is 0.0526. The van der Waals surface area contributed by atoms with Gasteiger partial charge in [0.2, 0.25) is 0 Å². The zero-order chi connectivity index (χ0) is 18.1. The highest BCUT2D eigenvalue weighted by molar-refractivity contribution is 5.92. The first kappa shape index (κ1) is 19.2. The van der Waals surface area contributed by atoms with Crippen molar-refractivity contribution in [3.8, 4) is 0 Å². The Balaban J connectivity index is 1.64. The van der Waals surface area contributed by atoms with Gasteiger partial charge in [0.15, 0.2) is 0 Å². The van der Waals surface area contributed by atoms with E-state index in [9.17, 15) is 9.59 Å². The lowest BCUT2D eigenvalue weighted by Gasteiger charge is -2.30. The quantitative estimate of drug-likeness (QED) is 0.587. The molecule has 1 aliphatic rings. The largest absolute Gasteiger partial charge is 0.462 e. The van der Waals surface area contributed by atoms with Gasteiger partial charge in [-0.15, -0.1) is 0 Å². The second kappa shape index (κ2) is 10.0. The number of anilines is 1. The first-order chi connectivity index (χ1) is 12.1. The van der Waals surface area contributed by atoms with E-state index < -0.39 is 0 Å². The molecule has 2 amide bonds. The topological polar surface area (TPSA) is 70.7 Å². The number of hydrogen-bond acceptors (Lipinski definition) is 4. The molecule has 1 saturated heterocycles. The van der Waals surface area contributed by atoms with Crippen LogP contribution < -0.4 is 10.6 Å². The van der Waals surface area contributed by atoms with Crippen molar-refractivity contribution in [2.75, 3.05) is 38.1 Å². The minimum atomic E-state index is -0.356. The average molecular weight is 347 g/mol. The van der Waals surface area contributed by atoms with E-state index in [0.717, 1.165) is 18.9 Å². The predicted octanol–water partition coefficient (Wildman–Crippen LogP) is 3.11. The zero-order valence-corrected chi connectivity index (χ0v) is 15.2. The Morgan fingerprint density at radius 3 is 2.52 bits per heavy atom. The number of hydrogen-bond donors (Lipinski definition) is 2. The standard InChI is InChI=1S/C19H29N3O3/c1-3-25-18(23)16-5-7-17(8-6-16)21-19(24)20-11-4-12-22-13-9-15(2)10-14-22/h5-8,15H,3-4,9-14H2,1-2H3,(H2,20,21,24). The van der Waals surface area contributed by atoms with Crippen LogP contribution in [0.3, 0.4) is 0 Å². The summed E-state index contributed by atoms with van der Waals surface area (Å²) in [5.74, 6) is 0.487. The van der Waals surface area contributed by atoms with E-state index in [1.54, 1.807) is 31.2 Å². The van der Waals surface area contributed by atoms with Crippen molar-refractivity contribution in [3.05, 3.63) is 29.8 Å². The molecule has 0 radical (unpaired) electrons. The molecule has 2 rings (SSSR count). The molecular weight excluding hydrogens is 318 g/mol. The molecule has 1 aromatic rings. The zero-order valence-electron chi connectivity index (χ0n) is 15.2. The Hall–Kier alpha value is -2.08. The minimum Gasteiger partial charge on any atom is -0.462 e. The SMILES string of the molecule is CCOC(=O)c1ccc(NC(=O)NCCCN2CCC(C)CC2)cc1. The molecule has 0 aliphatic carbocycles. The summed E-state index contributed by atoms with van der Waals surface area (Å²) >= 11 is 0. The first-order valence-corrected chi connectivity index (χ1v) is 9.13. The maximum atomic E-state index is 11.9. The maximum absolute atomic E-state index is 11.9. The third-order valence-electron chi connectivity index (χ3n) is 4.47. The number of benzene rings is 1. The van der Waals surface area contributed by atoms with Gasteiger partial charge in [-0.2, -0.15) is 0 Å². The number of ether oxygens (including phenoxy) is 1. The van der Waals surface area contributed by atoms with Crippen LogP contribution in [0.15, 0.2) is 24.3 Å². The number of piperidine rings is 1. The first-order valence-electron chi connectivity index (χ1n) is 9.13. The Labute approximate surface area is 149 Å². The maximum Gasteiger partial charge on any atom is 0.338 e. The number of urea groups is 1. The van der Waals surface area contributed by atoms with Gasteiger partial charge in [-0.1, -0.05) is 6.92 Å². The summed E-state index contributed by atoms with van der Waals surface area (Å²) in [5, 5.41) is 5.64. The molecule has 1 heterocycles. The molecule has 0 bridgehead atoms. The fraction of sp³-hybridized carbons (Fsp3) is 0.579. The van der Waals surface area contributed by atoms with Gasteiger partial charge in [0.1, 0.15) is 0 Å². The molecule has 6 heteroatoms. The summed E-state index contributed by atoms with van der Waals surface area (Å²) in [4.78, 5) is 25.9. The van der Waals surface area contributed by atoms with Crippen LogP contribution in [0, 0.1) is 5.92 Å². The van der Waals surface area contributed by atoms with Crippen LogP contribution in [0.5, 0.6) is 0 Å². The van der Waals surface area contributed by atoms with Crippen molar-refractivity contribution in [1.29, 1.82) is 0 Å². The predicted molar refractivity (Wildman–Crippen MR) is 98.9 cm³/mol. The van der Waals surface area contributed by atoms with E-state index in [1.165, 1.54) is 25.9 Å². The van der Waals surface area contributed by atoms with E-state index in [-0.39, 0.29) is 12.0 Å². The molecule has 0 atom stereocenters. The van der Waals surface area contributed by atoms with Gasteiger partial charge in [0, 0.05) is 12.2 Å². The molecule has 0 aromatic heterocycles. The Bertz CT molecular complexity index is 552. The molecule has 1 aliphatic heterocycles. The molecule has 0 spiro atoms. The average Bonchev–Trinajstić information content (AvgIpc) is 2.61. The van der Waals surface area contributed by atoms with Crippen LogP contribution >= 0.6 is 0 Å². The van der Waals surface area contributed by atoms with Gasteiger partial charge >= 0.3 is 12.0 Å². The Kier molecular flexibility index (Phi) is 7.73. The number of nitrogens with one attached hydrogen (secondary N) is 2. The van der Waals surface area contributed by atoms with Crippen LogP contribution in [0.2, 0.25) is 0 Å². The van der Waals surface area contributed by atoms with E-state index in [4.69, 9.17) is 4.74 Å². The van der Waals surface area contributed by atoms with Crippen LogP contribution in [-0.4, -0.2) is 49.7 Å². The van der Waals surface area contributed by atoms with E-state index in [0.29, 0.717) is 24.4 Å². The third kappa shape index (κ3) is 6.74. The number of rotatable bonds is 7. The molecule has 0 unspecified atom stereocenters. The highest BCUT2D eigenvalue weighted by atomic mass is 16.5. The smallest absolute Gasteiger partial charge is 0.338 e. The number of nitrogens with zero attached hydrogens (tertiary/aromatic N) is 1. The highest BCUT2D eigenvalue weighted by Gasteiger charge is 2.14. The Morgan fingerprint density at radius 2 is 1.88 bits per heavy atom. The lowest BCUT2D eigenvalue weighted by Crippen LogP contribution is -2.36. The van der Waals surface area contributed by atoms with Crippen molar-refractivity contribution in [1.82, 2.24) is 10.2 Å². The van der Waals surface area contributed by atoms with Gasteiger partial charge in [-0.3, -0.25) is 0 Å². The number of carbonyl (C=O) groups is 2. The highest BCUT2D eigenvalue weighted by Crippen LogP contribution is 2.15. The molecule has 6 nitrogen and oxygen atoms in total. The number of amides is 2. The van der Waals surface area contributed by atoms with Crippen LogP contribution in [0.25, 0.3) is 0 Å². The second-order valence-corrected chi connectivity index (χ2v) is 6.56. The van der Waals surface area contributed by atoms with Crippen LogP contribution in [-0.2, 0) is 4.74 Å². The van der Waals surface area contributed by atoms with Crippen molar-refractivity contribution in [2.24, 2.45) is 5.92 Å². The fourth-order valence-electron chi connectivity index (χ4n) is 2.87. The summed E-state index contributed by atoms with van der Waals surface area (Å²) in [7, 11) is 0. The van der Waals surface area contributed by atoms with Gasteiger partial charge in [-0.25, -0.2) is 9.59 Å². The van der Waals surface area contributed by atoms with E-state index >= 15 is 0 Å². The molecule has 0 saturated carbocycles. The summed E-state index contributed by atoms with van der Waals surface area (Å²) in [6, 6.07) is 6.45. The lowest BCUT2D eigenvalue weighted by atomic mass is 9.99.